The Morgan fingerprint density at radius 2 is 2.00 bits per heavy atom. The molecular weight excluding hydrogens is 378 g/mol. The van der Waals surface area contributed by atoms with Gasteiger partial charge in [-0.25, -0.2) is 0 Å². The molecule has 7 heteroatoms. The largest absolute Gasteiger partial charge is 0.392 e. The Labute approximate surface area is 175 Å². The number of aliphatic hydroxyl groups excluding tert-OH is 1. The molecule has 30 heavy (non-hydrogen) atoms. The number of nitrogens with zero attached hydrogens (tertiary/aromatic N) is 5. The first-order chi connectivity index (χ1) is 14.7. The van der Waals surface area contributed by atoms with Crippen LogP contribution in [-0.4, -0.2) is 48.5 Å². The quantitative estimate of drug-likeness (QED) is 0.682. The molecule has 1 N–H and O–H groups in total. The number of carbonyl (C=O) groups is 1. The standard InChI is InChI=1S/C23H23N5O2/c1-17-6-7-18(8-9-19-12-20(16-29)14-24-13-19)15-27(17)23(30)21-4-2-3-5-22(21)28-25-10-11-26-28/h2-5,10-14,17-18,29H,6-7,15-16H2,1H3/t17-,18+/m1/s1. The molecule has 1 fully saturated rings. The predicted molar refractivity (Wildman–Crippen MR) is 112 cm³/mol. The van der Waals surface area contributed by atoms with E-state index in [0.29, 0.717) is 17.8 Å². The maximum atomic E-state index is 13.4. The van der Waals surface area contributed by atoms with Gasteiger partial charge in [0.1, 0.15) is 0 Å². The second kappa shape index (κ2) is 8.89. The van der Waals surface area contributed by atoms with Gasteiger partial charge < -0.3 is 10.0 Å². The number of hydrogen-bond acceptors (Lipinski definition) is 5. The van der Waals surface area contributed by atoms with Gasteiger partial charge in [0.05, 0.1) is 30.3 Å². The number of piperidine rings is 1. The molecule has 3 aromatic rings. The number of likely N-dealkylation sites (tertiary alicyclic amines) is 1. The minimum Gasteiger partial charge on any atom is -0.392 e. The van der Waals surface area contributed by atoms with E-state index >= 15 is 0 Å². The van der Waals surface area contributed by atoms with Gasteiger partial charge in [-0.2, -0.15) is 15.0 Å². The molecule has 0 bridgehead atoms. The van der Waals surface area contributed by atoms with Crippen LogP contribution in [-0.2, 0) is 6.61 Å². The number of aromatic nitrogens is 4. The van der Waals surface area contributed by atoms with Crippen molar-refractivity contribution >= 4 is 5.91 Å². The van der Waals surface area contributed by atoms with Crippen molar-refractivity contribution in [2.75, 3.05) is 6.54 Å². The highest BCUT2D eigenvalue weighted by Gasteiger charge is 2.30. The zero-order valence-electron chi connectivity index (χ0n) is 16.8. The lowest BCUT2D eigenvalue weighted by Crippen LogP contribution is -2.45. The summed E-state index contributed by atoms with van der Waals surface area (Å²) in [6, 6.07) is 9.36. The summed E-state index contributed by atoms with van der Waals surface area (Å²) in [4.78, 5) is 20.9. The maximum Gasteiger partial charge on any atom is 0.256 e. The molecule has 2 atom stereocenters. The van der Waals surface area contributed by atoms with Gasteiger partial charge in [-0.1, -0.05) is 24.0 Å². The average molecular weight is 401 g/mol. The zero-order valence-corrected chi connectivity index (χ0v) is 16.8. The van der Waals surface area contributed by atoms with Gasteiger partial charge in [0.2, 0.25) is 0 Å². The maximum absolute atomic E-state index is 13.4. The Morgan fingerprint density at radius 1 is 1.20 bits per heavy atom. The lowest BCUT2D eigenvalue weighted by atomic mass is 9.92. The first-order valence-electron chi connectivity index (χ1n) is 9.98. The van der Waals surface area contributed by atoms with Gasteiger partial charge in [0, 0.05) is 36.5 Å². The van der Waals surface area contributed by atoms with Gasteiger partial charge in [-0.3, -0.25) is 9.78 Å². The molecule has 152 valence electrons. The number of hydrogen-bond donors (Lipinski definition) is 1. The number of pyridine rings is 1. The monoisotopic (exact) mass is 401 g/mol. The Hall–Kier alpha value is -3.50. The van der Waals surface area contributed by atoms with E-state index in [-0.39, 0.29) is 24.5 Å². The van der Waals surface area contributed by atoms with Crippen molar-refractivity contribution in [3.05, 3.63) is 71.8 Å². The molecular formula is C23H23N5O2. The van der Waals surface area contributed by atoms with E-state index in [1.807, 2.05) is 35.2 Å². The lowest BCUT2D eigenvalue weighted by molar-refractivity contribution is 0.0598. The van der Waals surface area contributed by atoms with Crippen molar-refractivity contribution in [3.63, 3.8) is 0 Å². The van der Waals surface area contributed by atoms with Crippen LogP contribution >= 0.6 is 0 Å². The Morgan fingerprint density at radius 3 is 2.80 bits per heavy atom. The molecule has 0 aliphatic carbocycles. The highest BCUT2D eigenvalue weighted by atomic mass is 16.3. The number of carbonyl (C=O) groups excluding carboxylic acids is 1. The van der Waals surface area contributed by atoms with Crippen molar-refractivity contribution in [1.82, 2.24) is 24.9 Å². The zero-order chi connectivity index (χ0) is 20.9. The fourth-order valence-electron chi connectivity index (χ4n) is 3.66. The summed E-state index contributed by atoms with van der Waals surface area (Å²) in [5.41, 5.74) is 2.75. The van der Waals surface area contributed by atoms with E-state index in [1.165, 1.54) is 4.80 Å². The summed E-state index contributed by atoms with van der Waals surface area (Å²) >= 11 is 0. The van der Waals surface area contributed by atoms with Crippen LogP contribution in [0.4, 0.5) is 0 Å². The third-order valence-electron chi connectivity index (χ3n) is 5.31. The van der Waals surface area contributed by atoms with Crippen LogP contribution in [0.25, 0.3) is 5.69 Å². The van der Waals surface area contributed by atoms with Gasteiger partial charge in [0.15, 0.2) is 0 Å². The minimum absolute atomic E-state index is 0.0363. The molecule has 1 saturated heterocycles. The van der Waals surface area contributed by atoms with Crippen molar-refractivity contribution < 1.29 is 9.90 Å². The minimum atomic E-state index is -0.0593. The van der Waals surface area contributed by atoms with Crippen LogP contribution in [0.5, 0.6) is 0 Å². The van der Waals surface area contributed by atoms with Crippen LogP contribution in [0, 0.1) is 17.8 Å². The number of amides is 1. The fraction of sp³-hybridized carbons (Fsp3) is 0.304. The summed E-state index contributed by atoms with van der Waals surface area (Å²) in [6.45, 7) is 2.59. The molecule has 4 rings (SSSR count). The normalized spacial score (nSPS) is 18.5. The van der Waals surface area contributed by atoms with E-state index in [4.69, 9.17) is 0 Å². The Balaban J connectivity index is 1.55. The lowest BCUT2D eigenvalue weighted by Gasteiger charge is -2.36. The number of rotatable bonds is 3. The van der Waals surface area contributed by atoms with Gasteiger partial charge in [-0.15, -0.1) is 0 Å². The SMILES string of the molecule is C[C@@H]1CC[C@@H](C#Cc2cncc(CO)c2)CN1C(=O)c1ccccc1-n1nccn1. The Kier molecular flexibility index (Phi) is 5.87. The number of benzene rings is 1. The van der Waals surface area contributed by atoms with E-state index in [0.717, 1.165) is 24.0 Å². The first-order valence-corrected chi connectivity index (χ1v) is 9.98. The molecule has 2 aromatic heterocycles. The summed E-state index contributed by atoms with van der Waals surface area (Å²) in [6.07, 6.45) is 8.33. The van der Waals surface area contributed by atoms with E-state index in [1.54, 1.807) is 24.8 Å². The Bertz CT molecular complexity index is 1080. The van der Waals surface area contributed by atoms with Crippen molar-refractivity contribution in [2.45, 2.75) is 32.4 Å². The second-order valence-electron chi connectivity index (χ2n) is 7.43. The van der Waals surface area contributed by atoms with Gasteiger partial charge in [0.25, 0.3) is 5.91 Å². The topological polar surface area (TPSA) is 84.1 Å². The van der Waals surface area contributed by atoms with Crippen molar-refractivity contribution in [3.8, 4) is 17.5 Å². The molecule has 1 aliphatic rings. The fourth-order valence-corrected chi connectivity index (χ4v) is 3.66. The molecule has 1 aromatic carbocycles. The molecule has 1 aliphatic heterocycles. The predicted octanol–water partition coefficient (Wildman–Crippen LogP) is 2.45. The van der Waals surface area contributed by atoms with E-state index < -0.39 is 0 Å². The molecule has 0 spiro atoms. The highest BCUT2D eigenvalue weighted by molar-refractivity contribution is 5.98. The summed E-state index contributed by atoms with van der Waals surface area (Å²) in [7, 11) is 0. The van der Waals surface area contributed by atoms with Crippen molar-refractivity contribution in [1.29, 1.82) is 0 Å². The molecule has 1 amide bonds. The van der Waals surface area contributed by atoms with Crippen LogP contribution in [0.15, 0.2) is 55.1 Å². The second-order valence-corrected chi connectivity index (χ2v) is 7.43. The van der Waals surface area contributed by atoms with Crippen LogP contribution in [0.3, 0.4) is 0 Å². The van der Waals surface area contributed by atoms with Crippen LogP contribution < -0.4 is 0 Å². The summed E-state index contributed by atoms with van der Waals surface area (Å²) in [5, 5.41) is 17.6. The molecule has 0 saturated carbocycles. The third kappa shape index (κ3) is 4.24. The molecule has 0 unspecified atom stereocenters. The summed E-state index contributed by atoms with van der Waals surface area (Å²) in [5.74, 6) is 6.49. The van der Waals surface area contributed by atoms with Gasteiger partial charge >= 0.3 is 0 Å². The number of para-hydroxylation sites is 1. The number of aliphatic hydroxyl groups is 1. The molecule has 3 heterocycles. The van der Waals surface area contributed by atoms with E-state index in [9.17, 15) is 9.90 Å². The van der Waals surface area contributed by atoms with Gasteiger partial charge in [-0.05, 0) is 43.5 Å². The molecule has 7 nitrogen and oxygen atoms in total. The van der Waals surface area contributed by atoms with E-state index in [2.05, 4.69) is 33.9 Å². The van der Waals surface area contributed by atoms with Crippen LogP contribution in [0.1, 0.15) is 41.3 Å². The first kappa shape index (κ1) is 19.8. The average Bonchev–Trinajstić information content (AvgIpc) is 3.33. The highest BCUT2D eigenvalue weighted by Crippen LogP contribution is 2.25. The van der Waals surface area contributed by atoms with Crippen molar-refractivity contribution in [2.24, 2.45) is 5.92 Å². The molecule has 0 radical (unpaired) electrons. The third-order valence-corrected chi connectivity index (χ3v) is 5.31. The van der Waals surface area contributed by atoms with Crippen LogP contribution in [0.2, 0.25) is 0 Å². The smallest absolute Gasteiger partial charge is 0.256 e. The summed E-state index contributed by atoms with van der Waals surface area (Å²) < 4.78 is 0.